The van der Waals surface area contributed by atoms with Crippen LogP contribution in [-0.2, 0) is 26.2 Å². The summed E-state index contributed by atoms with van der Waals surface area (Å²) in [5, 5.41) is 10.9. The number of rotatable bonds is 12. The molecule has 2 aromatic rings. The average molecular weight is 385 g/mol. The molecular formula is C14H28N8O3Si. The second-order valence-electron chi connectivity index (χ2n) is 5.51. The van der Waals surface area contributed by atoms with Gasteiger partial charge in [-0.3, -0.25) is 0 Å². The van der Waals surface area contributed by atoms with Gasteiger partial charge in [0, 0.05) is 32.4 Å². The lowest BCUT2D eigenvalue weighted by atomic mass is 10.3. The molecule has 0 atom stereocenters. The minimum atomic E-state index is -2.67. The maximum absolute atomic E-state index is 5.87. The van der Waals surface area contributed by atoms with E-state index < -0.39 is 8.80 Å². The number of aromatic amines is 1. The van der Waals surface area contributed by atoms with Gasteiger partial charge in [-0.05, 0) is 27.2 Å². The Labute approximate surface area is 153 Å². The molecule has 0 aliphatic carbocycles. The summed E-state index contributed by atoms with van der Waals surface area (Å²) in [6.07, 6.45) is 1.15. The molecule has 11 nitrogen and oxygen atoms in total. The van der Waals surface area contributed by atoms with Crippen LogP contribution < -0.4 is 11.5 Å². The third kappa shape index (κ3) is 5.49. The van der Waals surface area contributed by atoms with Crippen LogP contribution >= 0.6 is 0 Å². The number of nitrogen functional groups attached to an aromatic ring is 2. The zero-order valence-electron chi connectivity index (χ0n) is 15.6. The van der Waals surface area contributed by atoms with Crippen LogP contribution in [-0.4, -0.2) is 58.6 Å². The second kappa shape index (κ2) is 9.61. The van der Waals surface area contributed by atoms with Gasteiger partial charge in [0.25, 0.3) is 0 Å². The highest BCUT2D eigenvalue weighted by molar-refractivity contribution is 6.60. The van der Waals surface area contributed by atoms with Gasteiger partial charge in [0.15, 0.2) is 5.82 Å². The van der Waals surface area contributed by atoms with Crippen molar-refractivity contribution < 1.29 is 13.3 Å². The summed E-state index contributed by atoms with van der Waals surface area (Å²) in [4.78, 5) is 8.34. The van der Waals surface area contributed by atoms with Crippen LogP contribution in [0.25, 0.3) is 0 Å². The topological polar surface area (TPSA) is 152 Å². The number of hydrogen-bond acceptors (Lipinski definition) is 9. The molecule has 26 heavy (non-hydrogen) atoms. The van der Waals surface area contributed by atoms with Gasteiger partial charge in [-0.15, -0.1) is 5.10 Å². The van der Waals surface area contributed by atoms with Crippen molar-refractivity contribution in [2.24, 2.45) is 0 Å². The van der Waals surface area contributed by atoms with E-state index in [2.05, 4.69) is 25.3 Å². The smallest absolute Gasteiger partial charge is 0.374 e. The third-order valence-electron chi connectivity index (χ3n) is 3.58. The molecular weight excluding hydrogens is 356 g/mol. The van der Waals surface area contributed by atoms with Crippen molar-refractivity contribution in [1.29, 1.82) is 0 Å². The van der Waals surface area contributed by atoms with Crippen LogP contribution in [0.3, 0.4) is 0 Å². The van der Waals surface area contributed by atoms with Crippen molar-refractivity contribution in [2.45, 2.75) is 46.2 Å². The summed E-state index contributed by atoms with van der Waals surface area (Å²) in [7, 11) is -2.67. The van der Waals surface area contributed by atoms with E-state index in [0.717, 1.165) is 6.42 Å². The standard InChI is InChI=1S/C14H28N8O3Si/c1-4-23-26(24-5-2,25-6-3)9-7-8-22-12(18-14(16)21-22)10-11-17-13(15)20-19-11/h4-10H2,1-3H3,(H2,16,21)(H3,15,17,19,20). The van der Waals surface area contributed by atoms with Crippen LogP contribution in [0.1, 0.15) is 38.8 Å². The largest absolute Gasteiger partial charge is 0.500 e. The van der Waals surface area contributed by atoms with Gasteiger partial charge >= 0.3 is 8.80 Å². The molecule has 2 aromatic heterocycles. The first-order chi connectivity index (χ1) is 12.5. The number of nitrogens with two attached hydrogens (primary N) is 2. The molecule has 0 saturated carbocycles. The summed E-state index contributed by atoms with van der Waals surface area (Å²) in [6, 6.07) is 0.690. The highest BCUT2D eigenvalue weighted by Crippen LogP contribution is 2.19. The minimum absolute atomic E-state index is 0.214. The zero-order valence-corrected chi connectivity index (χ0v) is 16.6. The maximum Gasteiger partial charge on any atom is 0.500 e. The molecule has 0 radical (unpaired) electrons. The zero-order chi connectivity index (χ0) is 19.0. The monoisotopic (exact) mass is 384 g/mol. The summed E-state index contributed by atoms with van der Waals surface area (Å²) in [5.41, 5.74) is 11.3. The van der Waals surface area contributed by atoms with Gasteiger partial charge < -0.3 is 24.7 Å². The Kier molecular flexibility index (Phi) is 7.50. The Morgan fingerprint density at radius 3 is 2.23 bits per heavy atom. The number of hydrogen-bond donors (Lipinski definition) is 3. The molecule has 2 heterocycles. The summed E-state index contributed by atoms with van der Waals surface area (Å²) in [5.74, 6) is 1.70. The predicted octanol–water partition coefficient (Wildman–Crippen LogP) is 0.590. The normalized spacial score (nSPS) is 12.0. The Morgan fingerprint density at radius 2 is 1.69 bits per heavy atom. The second-order valence-corrected chi connectivity index (χ2v) is 8.24. The summed E-state index contributed by atoms with van der Waals surface area (Å²) in [6.45, 7) is 8.11. The molecule has 0 aliphatic rings. The molecule has 0 amide bonds. The van der Waals surface area contributed by atoms with Gasteiger partial charge in [0.1, 0.15) is 5.82 Å². The van der Waals surface area contributed by atoms with Crippen LogP contribution in [0.15, 0.2) is 0 Å². The van der Waals surface area contributed by atoms with Gasteiger partial charge in [-0.25, -0.2) is 9.78 Å². The number of aromatic nitrogens is 6. The lowest BCUT2D eigenvalue weighted by Crippen LogP contribution is -2.46. The van der Waals surface area contributed by atoms with Crippen molar-refractivity contribution in [3.05, 3.63) is 11.6 Å². The highest BCUT2D eigenvalue weighted by atomic mass is 28.4. The van der Waals surface area contributed by atoms with Crippen molar-refractivity contribution >= 4 is 20.7 Å². The minimum Gasteiger partial charge on any atom is -0.374 e. The Morgan fingerprint density at radius 1 is 1.04 bits per heavy atom. The summed E-state index contributed by atoms with van der Waals surface area (Å²) >= 11 is 0. The van der Waals surface area contributed by atoms with E-state index >= 15 is 0 Å². The Balaban J connectivity index is 2.01. The molecule has 12 heteroatoms. The molecule has 0 spiro atoms. The predicted molar refractivity (Wildman–Crippen MR) is 98.1 cm³/mol. The number of H-pyrrole nitrogens is 1. The fourth-order valence-electron chi connectivity index (χ4n) is 2.68. The van der Waals surface area contributed by atoms with E-state index in [1.54, 1.807) is 4.68 Å². The van der Waals surface area contributed by atoms with Crippen molar-refractivity contribution in [3.63, 3.8) is 0 Å². The number of nitrogens with zero attached hydrogens (tertiary/aromatic N) is 5. The molecule has 0 aliphatic heterocycles. The molecule has 0 bridgehead atoms. The van der Waals surface area contributed by atoms with Crippen LogP contribution in [0, 0.1) is 0 Å². The molecule has 0 aromatic carbocycles. The van der Waals surface area contributed by atoms with E-state index in [1.165, 1.54) is 0 Å². The highest BCUT2D eigenvalue weighted by Gasteiger charge is 2.39. The van der Waals surface area contributed by atoms with Crippen LogP contribution in [0.4, 0.5) is 11.9 Å². The number of anilines is 2. The van der Waals surface area contributed by atoms with Gasteiger partial charge in [-0.2, -0.15) is 15.1 Å². The first-order valence-corrected chi connectivity index (χ1v) is 10.7. The van der Waals surface area contributed by atoms with E-state index in [-0.39, 0.29) is 11.9 Å². The van der Waals surface area contributed by atoms with E-state index in [9.17, 15) is 0 Å². The molecule has 0 unspecified atom stereocenters. The molecule has 5 N–H and O–H groups in total. The quantitative estimate of drug-likeness (QED) is 0.446. The fourth-order valence-corrected chi connectivity index (χ4v) is 5.28. The molecule has 0 fully saturated rings. The third-order valence-corrected chi connectivity index (χ3v) is 6.73. The SMILES string of the molecule is CCO[Si](CCCn1nc(N)nc1Cc1n[nH]c(N)n1)(OCC)OCC. The van der Waals surface area contributed by atoms with Crippen molar-refractivity contribution in [2.75, 3.05) is 31.3 Å². The molecule has 146 valence electrons. The lowest BCUT2D eigenvalue weighted by Gasteiger charge is -2.28. The number of nitrogens with one attached hydrogen (secondary N) is 1. The molecule has 2 rings (SSSR count). The van der Waals surface area contributed by atoms with Crippen molar-refractivity contribution in [1.82, 2.24) is 29.9 Å². The maximum atomic E-state index is 5.87. The van der Waals surface area contributed by atoms with E-state index in [4.69, 9.17) is 24.7 Å². The average Bonchev–Trinajstić information content (AvgIpc) is 3.14. The lowest BCUT2D eigenvalue weighted by molar-refractivity contribution is 0.0704. The van der Waals surface area contributed by atoms with Gasteiger partial charge in [0.2, 0.25) is 11.9 Å². The summed E-state index contributed by atoms with van der Waals surface area (Å²) < 4.78 is 19.4. The van der Waals surface area contributed by atoms with Gasteiger partial charge in [-0.1, -0.05) is 0 Å². The van der Waals surface area contributed by atoms with E-state index in [0.29, 0.717) is 50.5 Å². The van der Waals surface area contributed by atoms with Gasteiger partial charge in [0.05, 0.1) is 6.42 Å². The Bertz CT molecular complexity index is 660. The Hall–Kier alpha value is -2.02. The fraction of sp³-hybridized carbons (Fsp3) is 0.714. The van der Waals surface area contributed by atoms with Crippen molar-refractivity contribution in [3.8, 4) is 0 Å². The van der Waals surface area contributed by atoms with Crippen LogP contribution in [0.2, 0.25) is 6.04 Å². The van der Waals surface area contributed by atoms with Crippen LogP contribution in [0.5, 0.6) is 0 Å². The first-order valence-electron chi connectivity index (χ1n) is 8.79. The van der Waals surface area contributed by atoms with E-state index in [1.807, 2.05) is 20.8 Å². The number of aryl methyl sites for hydroxylation is 1. The molecule has 0 saturated heterocycles. The first kappa shape index (κ1) is 20.3.